The fourth-order valence-corrected chi connectivity index (χ4v) is 3.66. The third kappa shape index (κ3) is 4.15. The van der Waals surface area contributed by atoms with Gasteiger partial charge in [0.15, 0.2) is 0 Å². The Morgan fingerprint density at radius 2 is 1.92 bits per heavy atom. The topological polar surface area (TPSA) is 50.3 Å². The summed E-state index contributed by atoms with van der Waals surface area (Å²) in [6, 6.07) is 12.4. The van der Waals surface area contributed by atoms with Gasteiger partial charge in [0.05, 0.1) is 11.8 Å². The lowest BCUT2D eigenvalue weighted by Crippen LogP contribution is -2.34. The van der Waals surface area contributed by atoms with Crippen LogP contribution in [0.5, 0.6) is 0 Å². The van der Waals surface area contributed by atoms with Gasteiger partial charge in [0.2, 0.25) is 5.95 Å². The Hall–Kier alpha value is -2.14. The molecule has 26 heavy (non-hydrogen) atoms. The maximum Gasteiger partial charge on any atom is 0.227 e. The minimum absolute atomic E-state index is 0.296. The van der Waals surface area contributed by atoms with Crippen molar-refractivity contribution in [3.05, 3.63) is 36.4 Å². The van der Waals surface area contributed by atoms with Gasteiger partial charge < -0.3 is 15.0 Å². The molecule has 1 aromatic carbocycles. The number of hydrogen-bond acceptors (Lipinski definition) is 5. The Kier molecular flexibility index (Phi) is 5.34. The fourth-order valence-electron chi connectivity index (χ4n) is 3.66. The quantitative estimate of drug-likeness (QED) is 0.882. The third-order valence-corrected chi connectivity index (χ3v) is 5.39. The second-order valence-electron chi connectivity index (χ2n) is 7.49. The second-order valence-corrected chi connectivity index (χ2v) is 7.49. The SMILES string of the molecule is CC1CCN(c2nc(NCC3CCCO3)cc(-c3ccccc3)n2)CC1. The molecule has 5 nitrogen and oxygen atoms in total. The van der Waals surface area contributed by atoms with Crippen molar-refractivity contribution in [2.75, 3.05) is 36.5 Å². The van der Waals surface area contributed by atoms with E-state index in [1.165, 1.54) is 12.8 Å². The molecular weight excluding hydrogens is 324 g/mol. The largest absolute Gasteiger partial charge is 0.376 e. The van der Waals surface area contributed by atoms with E-state index in [0.29, 0.717) is 6.10 Å². The number of aromatic nitrogens is 2. The van der Waals surface area contributed by atoms with E-state index in [-0.39, 0.29) is 0 Å². The zero-order valence-corrected chi connectivity index (χ0v) is 15.5. The summed E-state index contributed by atoms with van der Waals surface area (Å²) in [5, 5.41) is 3.48. The minimum Gasteiger partial charge on any atom is -0.376 e. The Morgan fingerprint density at radius 1 is 1.12 bits per heavy atom. The van der Waals surface area contributed by atoms with E-state index in [0.717, 1.165) is 68.0 Å². The van der Waals surface area contributed by atoms with Gasteiger partial charge >= 0.3 is 0 Å². The molecule has 2 aliphatic rings. The average Bonchev–Trinajstić information content (AvgIpc) is 3.21. The van der Waals surface area contributed by atoms with E-state index in [1.807, 2.05) is 6.07 Å². The lowest BCUT2D eigenvalue weighted by atomic mass is 10.00. The normalized spacial score (nSPS) is 21.1. The average molecular weight is 352 g/mol. The summed E-state index contributed by atoms with van der Waals surface area (Å²) >= 11 is 0. The van der Waals surface area contributed by atoms with Gasteiger partial charge in [-0.15, -0.1) is 0 Å². The van der Waals surface area contributed by atoms with Crippen LogP contribution in [0.1, 0.15) is 32.6 Å². The van der Waals surface area contributed by atoms with Crippen molar-refractivity contribution in [1.82, 2.24) is 9.97 Å². The van der Waals surface area contributed by atoms with Crippen molar-refractivity contribution < 1.29 is 4.74 Å². The van der Waals surface area contributed by atoms with E-state index in [9.17, 15) is 0 Å². The molecular formula is C21H28N4O. The minimum atomic E-state index is 0.296. The fraction of sp³-hybridized carbons (Fsp3) is 0.524. The Balaban J connectivity index is 1.58. The van der Waals surface area contributed by atoms with Gasteiger partial charge in [-0.3, -0.25) is 0 Å². The van der Waals surface area contributed by atoms with Crippen LogP contribution in [0.25, 0.3) is 11.3 Å². The molecule has 4 rings (SSSR count). The number of ether oxygens (including phenoxy) is 1. The number of rotatable bonds is 5. The Morgan fingerprint density at radius 3 is 2.65 bits per heavy atom. The predicted octanol–water partition coefficient (Wildman–Crippen LogP) is 3.97. The molecule has 5 heteroatoms. The summed E-state index contributed by atoms with van der Waals surface area (Å²) in [5.74, 6) is 2.52. The van der Waals surface area contributed by atoms with Crippen LogP contribution in [-0.4, -0.2) is 42.3 Å². The zero-order chi connectivity index (χ0) is 17.8. The summed E-state index contributed by atoms with van der Waals surface area (Å²) in [4.78, 5) is 12.0. The van der Waals surface area contributed by atoms with Gasteiger partial charge in [0.1, 0.15) is 5.82 Å². The first kappa shape index (κ1) is 17.3. The molecule has 0 aliphatic carbocycles. The molecule has 0 amide bonds. The highest BCUT2D eigenvalue weighted by atomic mass is 16.5. The van der Waals surface area contributed by atoms with Gasteiger partial charge in [0, 0.05) is 37.9 Å². The predicted molar refractivity (Wildman–Crippen MR) is 106 cm³/mol. The third-order valence-electron chi connectivity index (χ3n) is 5.39. The van der Waals surface area contributed by atoms with E-state index in [4.69, 9.17) is 14.7 Å². The smallest absolute Gasteiger partial charge is 0.227 e. The number of hydrogen-bond donors (Lipinski definition) is 1. The highest BCUT2D eigenvalue weighted by Crippen LogP contribution is 2.26. The van der Waals surface area contributed by atoms with Crippen molar-refractivity contribution in [1.29, 1.82) is 0 Å². The van der Waals surface area contributed by atoms with Gasteiger partial charge in [-0.2, -0.15) is 4.98 Å². The molecule has 2 fully saturated rings. The molecule has 1 N–H and O–H groups in total. The van der Waals surface area contributed by atoms with Crippen molar-refractivity contribution in [3.63, 3.8) is 0 Å². The second kappa shape index (κ2) is 8.04. The van der Waals surface area contributed by atoms with Gasteiger partial charge in [-0.05, 0) is 31.6 Å². The number of nitrogens with zero attached hydrogens (tertiary/aromatic N) is 3. The lowest BCUT2D eigenvalue weighted by molar-refractivity contribution is 0.120. The van der Waals surface area contributed by atoms with Crippen molar-refractivity contribution in [2.24, 2.45) is 5.92 Å². The molecule has 1 unspecified atom stereocenters. The summed E-state index contributed by atoms with van der Waals surface area (Å²) in [5.41, 5.74) is 2.10. The molecule has 1 aromatic heterocycles. The van der Waals surface area contributed by atoms with Gasteiger partial charge in [-0.25, -0.2) is 4.98 Å². The van der Waals surface area contributed by atoms with Crippen LogP contribution < -0.4 is 10.2 Å². The summed E-state index contributed by atoms with van der Waals surface area (Å²) in [6.45, 7) is 6.08. The molecule has 2 aliphatic heterocycles. The van der Waals surface area contributed by atoms with Crippen LogP contribution >= 0.6 is 0 Å². The Bertz CT molecular complexity index is 707. The molecule has 0 bridgehead atoms. The van der Waals surface area contributed by atoms with Crippen LogP contribution in [0.15, 0.2) is 36.4 Å². The summed E-state index contributed by atoms with van der Waals surface area (Å²) in [6.07, 6.45) is 4.99. The maximum absolute atomic E-state index is 5.73. The van der Waals surface area contributed by atoms with Crippen molar-refractivity contribution >= 4 is 11.8 Å². The van der Waals surface area contributed by atoms with Crippen molar-refractivity contribution in [3.8, 4) is 11.3 Å². The molecule has 0 saturated carbocycles. The van der Waals surface area contributed by atoms with E-state index in [2.05, 4.69) is 47.5 Å². The maximum atomic E-state index is 5.73. The number of benzene rings is 1. The van der Waals surface area contributed by atoms with Gasteiger partial charge in [0.25, 0.3) is 0 Å². The summed E-state index contributed by atoms with van der Waals surface area (Å²) in [7, 11) is 0. The first-order valence-electron chi connectivity index (χ1n) is 9.83. The molecule has 2 aromatic rings. The van der Waals surface area contributed by atoms with Crippen LogP contribution in [0.4, 0.5) is 11.8 Å². The zero-order valence-electron chi connectivity index (χ0n) is 15.5. The Labute approximate surface area is 155 Å². The van der Waals surface area contributed by atoms with Crippen LogP contribution in [-0.2, 0) is 4.74 Å². The first-order valence-corrected chi connectivity index (χ1v) is 9.83. The summed E-state index contributed by atoms with van der Waals surface area (Å²) < 4.78 is 5.73. The highest BCUT2D eigenvalue weighted by molar-refractivity contribution is 5.64. The molecule has 2 saturated heterocycles. The van der Waals surface area contributed by atoms with Gasteiger partial charge in [-0.1, -0.05) is 37.3 Å². The number of nitrogens with one attached hydrogen (secondary N) is 1. The molecule has 0 spiro atoms. The van der Waals surface area contributed by atoms with E-state index in [1.54, 1.807) is 0 Å². The molecule has 3 heterocycles. The van der Waals surface area contributed by atoms with Crippen LogP contribution in [0, 0.1) is 5.92 Å². The number of piperidine rings is 1. The highest BCUT2D eigenvalue weighted by Gasteiger charge is 2.20. The van der Waals surface area contributed by atoms with Crippen LogP contribution in [0.2, 0.25) is 0 Å². The standard InChI is InChI=1S/C21H28N4O/c1-16-9-11-25(12-10-16)21-23-19(17-6-3-2-4-7-17)14-20(24-21)22-15-18-8-5-13-26-18/h2-4,6-7,14,16,18H,5,8-13,15H2,1H3,(H,22,23,24). The van der Waals surface area contributed by atoms with E-state index < -0.39 is 0 Å². The molecule has 0 radical (unpaired) electrons. The lowest BCUT2D eigenvalue weighted by Gasteiger charge is -2.30. The molecule has 138 valence electrons. The monoisotopic (exact) mass is 352 g/mol. The van der Waals surface area contributed by atoms with Crippen LogP contribution in [0.3, 0.4) is 0 Å². The van der Waals surface area contributed by atoms with E-state index >= 15 is 0 Å². The molecule has 1 atom stereocenters. The first-order chi connectivity index (χ1) is 12.8. The number of anilines is 2. The van der Waals surface area contributed by atoms with Crippen molar-refractivity contribution in [2.45, 2.75) is 38.7 Å².